The van der Waals surface area contributed by atoms with Gasteiger partial charge in [-0.25, -0.2) is 9.37 Å². The number of phenolic OH excluding ortho intramolecular Hbond substituents is 1. The Hall–Kier alpha value is -3.15. The molecule has 6 heteroatoms. The number of phenols is 1. The molecule has 2 heterocycles. The third-order valence-electron chi connectivity index (χ3n) is 5.05. The summed E-state index contributed by atoms with van der Waals surface area (Å²) < 4.78 is 19.2. The monoisotopic (exact) mass is 380 g/mol. The van der Waals surface area contributed by atoms with Crippen molar-refractivity contribution in [1.29, 1.82) is 0 Å². The average Bonchev–Trinajstić information content (AvgIpc) is 3.19. The molecule has 3 aromatic rings. The van der Waals surface area contributed by atoms with Crippen LogP contribution in [0.25, 0.3) is 11.1 Å². The highest BCUT2D eigenvalue weighted by Gasteiger charge is 2.26. The van der Waals surface area contributed by atoms with E-state index in [0.29, 0.717) is 36.7 Å². The van der Waals surface area contributed by atoms with Crippen LogP contribution in [0.3, 0.4) is 0 Å². The molecule has 28 heavy (non-hydrogen) atoms. The molecule has 1 aliphatic rings. The number of aromatic hydroxyl groups is 1. The van der Waals surface area contributed by atoms with Gasteiger partial charge in [0.15, 0.2) is 23.2 Å². The largest absolute Gasteiger partial charge is 0.505 e. The fraction of sp³-hybridized carbons (Fsp3) is 0.273. The van der Waals surface area contributed by atoms with Gasteiger partial charge in [0.1, 0.15) is 6.26 Å². The summed E-state index contributed by atoms with van der Waals surface area (Å²) >= 11 is 0. The molecule has 1 amide bonds. The van der Waals surface area contributed by atoms with Gasteiger partial charge in [-0.2, -0.15) is 0 Å². The van der Waals surface area contributed by atoms with Crippen LogP contribution in [0.1, 0.15) is 47.3 Å². The number of nitrogens with zero attached hydrogens (tertiary/aromatic N) is 2. The number of carbonyl (C=O) groups is 1. The Balaban J connectivity index is 1.61. The Bertz CT molecular complexity index is 1040. The van der Waals surface area contributed by atoms with Gasteiger partial charge in [0.25, 0.3) is 5.91 Å². The number of amides is 1. The van der Waals surface area contributed by atoms with Gasteiger partial charge in [0, 0.05) is 19.0 Å². The molecule has 0 bridgehead atoms. The van der Waals surface area contributed by atoms with Crippen LogP contribution in [0.15, 0.2) is 47.1 Å². The van der Waals surface area contributed by atoms with E-state index in [1.54, 1.807) is 11.0 Å². The number of hydrogen-bond donors (Lipinski definition) is 1. The predicted octanol–water partition coefficient (Wildman–Crippen LogP) is 4.51. The number of halogens is 1. The van der Waals surface area contributed by atoms with Crippen LogP contribution in [0, 0.1) is 5.82 Å². The molecule has 1 aliphatic heterocycles. The number of hydrogen-bond acceptors (Lipinski definition) is 4. The lowest BCUT2D eigenvalue weighted by Gasteiger charge is -2.29. The molecule has 0 saturated carbocycles. The van der Waals surface area contributed by atoms with Crippen molar-refractivity contribution < 1.29 is 18.7 Å². The maximum atomic E-state index is 13.8. The zero-order chi connectivity index (χ0) is 19.8. The van der Waals surface area contributed by atoms with Gasteiger partial charge in [0.05, 0.1) is 0 Å². The van der Waals surface area contributed by atoms with Gasteiger partial charge < -0.3 is 14.4 Å². The highest BCUT2D eigenvalue weighted by Crippen LogP contribution is 2.32. The van der Waals surface area contributed by atoms with E-state index in [1.165, 1.54) is 18.4 Å². The minimum atomic E-state index is -0.644. The van der Waals surface area contributed by atoms with Crippen molar-refractivity contribution in [2.75, 3.05) is 6.54 Å². The summed E-state index contributed by atoms with van der Waals surface area (Å²) in [7, 11) is 0. The molecule has 0 aliphatic carbocycles. The Labute approximate surface area is 162 Å². The van der Waals surface area contributed by atoms with Gasteiger partial charge in [-0.3, -0.25) is 4.79 Å². The van der Waals surface area contributed by atoms with Crippen molar-refractivity contribution in [2.45, 2.75) is 32.7 Å². The van der Waals surface area contributed by atoms with E-state index >= 15 is 0 Å². The highest BCUT2D eigenvalue weighted by atomic mass is 19.1. The zero-order valence-electron chi connectivity index (χ0n) is 15.8. The van der Waals surface area contributed by atoms with Crippen molar-refractivity contribution in [2.24, 2.45) is 0 Å². The number of aromatic nitrogens is 1. The zero-order valence-corrected chi connectivity index (χ0v) is 15.8. The average molecular weight is 380 g/mol. The normalized spacial score (nSPS) is 13.6. The first-order chi connectivity index (χ1) is 13.4. The Morgan fingerprint density at radius 3 is 2.82 bits per heavy atom. The Morgan fingerprint density at radius 2 is 2.11 bits per heavy atom. The van der Waals surface area contributed by atoms with Crippen molar-refractivity contribution in [3.05, 3.63) is 71.2 Å². The molecule has 0 spiro atoms. The predicted molar refractivity (Wildman–Crippen MR) is 103 cm³/mol. The molecule has 1 aromatic heterocycles. The van der Waals surface area contributed by atoms with E-state index in [2.05, 4.69) is 4.98 Å². The minimum absolute atomic E-state index is 0.122. The third kappa shape index (κ3) is 3.26. The summed E-state index contributed by atoms with van der Waals surface area (Å²) in [5.41, 5.74) is 4.08. The van der Waals surface area contributed by atoms with E-state index in [0.717, 1.165) is 16.7 Å². The summed E-state index contributed by atoms with van der Waals surface area (Å²) in [6, 6.07) is 10.2. The SMILES string of the molecule is CC(C)c1nc(C(=O)N2CCc3c(cccc3-c3ccc(O)c(F)c3)C2)co1. The fourth-order valence-electron chi connectivity index (χ4n) is 3.54. The summed E-state index contributed by atoms with van der Waals surface area (Å²) in [4.78, 5) is 18.9. The van der Waals surface area contributed by atoms with E-state index < -0.39 is 5.82 Å². The van der Waals surface area contributed by atoms with Crippen molar-refractivity contribution in [3.63, 3.8) is 0 Å². The first-order valence-electron chi connectivity index (χ1n) is 9.28. The first kappa shape index (κ1) is 18.2. The van der Waals surface area contributed by atoms with Gasteiger partial charge in [0.2, 0.25) is 0 Å². The maximum absolute atomic E-state index is 13.8. The Kier molecular flexibility index (Phi) is 4.63. The van der Waals surface area contributed by atoms with E-state index in [1.807, 2.05) is 32.0 Å². The molecule has 1 N–H and O–H groups in total. The van der Waals surface area contributed by atoms with E-state index in [4.69, 9.17) is 4.42 Å². The second kappa shape index (κ2) is 7.11. The molecule has 5 nitrogen and oxygen atoms in total. The molecule has 0 atom stereocenters. The van der Waals surface area contributed by atoms with Crippen molar-refractivity contribution in [1.82, 2.24) is 9.88 Å². The van der Waals surface area contributed by atoms with Crippen LogP contribution in [0.5, 0.6) is 5.75 Å². The molecular weight excluding hydrogens is 359 g/mol. The van der Waals surface area contributed by atoms with Crippen LogP contribution >= 0.6 is 0 Å². The Morgan fingerprint density at radius 1 is 1.29 bits per heavy atom. The number of rotatable bonds is 3. The number of carbonyl (C=O) groups excluding carboxylic acids is 1. The van der Waals surface area contributed by atoms with Gasteiger partial charge >= 0.3 is 0 Å². The molecule has 0 radical (unpaired) electrons. The van der Waals surface area contributed by atoms with Crippen LogP contribution in [-0.4, -0.2) is 27.4 Å². The number of oxazole rings is 1. The number of fused-ring (bicyclic) bond motifs is 1. The topological polar surface area (TPSA) is 66.6 Å². The summed E-state index contributed by atoms with van der Waals surface area (Å²) in [6.45, 7) is 4.94. The second-order valence-electron chi connectivity index (χ2n) is 7.31. The smallest absolute Gasteiger partial charge is 0.276 e. The van der Waals surface area contributed by atoms with Crippen LogP contribution in [0.2, 0.25) is 0 Å². The molecule has 4 rings (SSSR count). The molecule has 0 unspecified atom stereocenters. The lowest BCUT2D eigenvalue weighted by molar-refractivity contribution is 0.0729. The standard InChI is InChI=1S/C22H21FN2O3/c1-13(2)21-24-19(12-28-21)22(27)25-9-8-17-15(11-25)4-3-5-16(17)14-6-7-20(26)18(23)10-14/h3-7,10,12-13,26H,8-9,11H2,1-2H3. The third-order valence-corrected chi connectivity index (χ3v) is 5.05. The second-order valence-corrected chi connectivity index (χ2v) is 7.31. The van der Waals surface area contributed by atoms with Crippen LogP contribution in [0.4, 0.5) is 4.39 Å². The van der Waals surface area contributed by atoms with Gasteiger partial charge in [-0.15, -0.1) is 0 Å². The van der Waals surface area contributed by atoms with E-state index in [9.17, 15) is 14.3 Å². The fourth-order valence-corrected chi connectivity index (χ4v) is 3.54. The maximum Gasteiger partial charge on any atom is 0.276 e. The molecule has 0 fully saturated rings. The summed E-state index contributed by atoms with van der Waals surface area (Å²) in [5, 5.41) is 9.44. The quantitative estimate of drug-likeness (QED) is 0.726. The van der Waals surface area contributed by atoms with Crippen molar-refractivity contribution in [3.8, 4) is 16.9 Å². The summed E-state index contributed by atoms with van der Waals surface area (Å²) in [6.07, 6.45) is 2.08. The van der Waals surface area contributed by atoms with Crippen LogP contribution < -0.4 is 0 Å². The van der Waals surface area contributed by atoms with E-state index in [-0.39, 0.29) is 17.6 Å². The molecule has 2 aromatic carbocycles. The minimum Gasteiger partial charge on any atom is -0.505 e. The lowest BCUT2D eigenvalue weighted by atomic mass is 9.90. The highest BCUT2D eigenvalue weighted by molar-refractivity contribution is 5.92. The molecular formula is C22H21FN2O3. The van der Waals surface area contributed by atoms with Crippen molar-refractivity contribution >= 4 is 5.91 Å². The first-order valence-corrected chi connectivity index (χ1v) is 9.28. The summed E-state index contributed by atoms with van der Waals surface area (Å²) in [5.74, 6) is -0.481. The van der Waals surface area contributed by atoms with Gasteiger partial charge in [-0.1, -0.05) is 38.1 Å². The number of benzene rings is 2. The lowest BCUT2D eigenvalue weighted by Crippen LogP contribution is -2.36. The molecule has 144 valence electrons. The molecule has 0 saturated heterocycles. The van der Waals surface area contributed by atoms with Gasteiger partial charge in [-0.05, 0) is 40.8 Å². The van der Waals surface area contributed by atoms with Crippen LogP contribution in [-0.2, 0) is 13.0 Å².